The van der Waals surface area contributed by atoms with E-state index in [9.17, 15) is 14.7 Å². The van der Waals surface area contributed by atoms with Crippen molar-refractivity contribution in [3.63, 3.8) is 0 Å². The summed E-state index contributed by atoms with van der Waals surface area (Å²) in [6.45, 7) is 8.34. The molecule has 12 heteroatoms. The molecule has 2 amide bonds. The number of carbonyl (C=O) groups excluding carboxylic acids is 2. The lowest BCUT2D eigenvalue weighted by Crippen LogP contribution is -2.64. The average molecular weight is 637 g/mol. The molecule has 3 aliphatic heterocycles. The number of amides is 2. The molecule has 0 unspecified atom stereocenters. The van der Waals surface area contributed by atoms with Crippen molar-refractivity contribution < 1.29 is 24.8 Å². The summed E-state index contributed by atoms with van der Waals surface area (Å²) in [5, 5.41) is 21.3. The number of hydrogen-bond donors (Lipinski definition) is 3. The standard InChI is InChI=1S/C34H43F2N7O3/c1-34(2,46)22-4-3-21-18-43(39-30(21)15-22)25-7-5-24(6-8-25)40-11-13-41(14-12-40)26-19-42(20-26)32-27(35)16-23(17-28(32)36)37-29-9-10-31(44)38-33(29)45/h3-4,15-18,24-26,29,37,46H,5-14,19-20H2,1-2H3,(H,38,44,45)/t24?,25?,29-/m0/s1/i4D. The lowest BCUT2D eigenvalue weighted by Gasteiger charge is -2.50. The molecule has 3 saturated heterocycles. The zero-order valence-electron chi connectivity index (χ0n) is 27.4. The number of fused-ring (bicyclic) bond motifs is 1. The first-order valence-corrected chi connectivity index (χ1v) is 16.5. The summed E-state index contributed by atoms with van der Waals surface area (Å²) in [6.07, 6.45) is 6.79. The van der Waals surface area contributed by atoms with E-state index in [0.717, 1.165) is 62.8 Å². The number of hydrogen-bond acceptors (Lipinski definition) is 8. The predicted molar refractivity (Wildman–Crippen MR) is 172 cm³/mol. The number of halogens is 2. The normalized spacial score (nSPS) is 25.8. The van der Waals surface area contributed by atoms with Gasteiger partial charge in [-0.25, -0.2) is 8.78 Å². The van der Waals surface area contributed by atoms with Gasteiger partial charge in [-0.3, -0.25) is 29.4 Å². The van der Waals surface area contributed by atoms with Crippen LogP contribution in [-0.4, -0.2) is 93.9 Å². The third-order valence-corrected chi connectivity index (χ3v) is 10.3. The molecule has 4 fully saturated rings. The van der Waals surface area contributed by atoms with E-state index < -0.39 is 29.2 Å². The second-order valence-corrected chi connectivity index (χ2v) is 13.9. The lowest BCUT2D eigenvalue weighted by molar-refractivity contribution is -0.133. The molecule has 10 nitrogen and oxygen atoms in total. The van der Waals surface area contributed by atoms with Crippen molar-refractivity contribution in [3.8, 4) is 0 Å². The lowest BCUT2D eigenvalue weighted by atomic mass is 9.89. The van der Waals surface area contributed by atoms with Gasteiger partial charge in [-0.05, 0) is 69.7 Å². The Kier molecular flexibility index (Phi) is 7.90. The second kappa shape index (κ2) is 12.2. The van der Waals surface area contributed by atoms with Gasteiger partial charge in [0.05, 0.1) is 18.5 Å². The van der Waals surface area contributed by atoms with Crippen LogP contribution in [0.2, 0.25) is 0 Å². The van der Waals surface area contributed by atoms with Crippen molar-refractivity contribution in [1.29, 1.82) is 0 Å². The summed E-state index contributed by atoms with van der Waals surface area (Å²) in [6, 6.07) is 6.82. The monoisotopic (exact) mass is 636 g/mol. The van der Waals surface area contributed by atoms with Gasteiger partial charge in [-0.15, -0.1) is 0 Å². The van der Waals surface area contributed by atoms with Crippen LogP contribution in [0.15, 0.2) is 36.5 Å². The van der Waals surface area contributed by atoms with Crippen LogP contribution < -0.4 is 15.5 Å². The van der Waals surface area contributed by atoms with E-state index in [1.165, 1.54) is 12.1 Å². The first-order valence-electron chi connectivity index (χ1n) is 17.0. The summed E-state index contributed by atoms with van der Waals surface area (Å²) >= 11 is 0. The summed E-state index contributed by atoms with van der Waals surface area (Å²) < 4.78 is 40.5. The summed E-state index contributed by atoms with van der Waals surface area (Å²) in [5.74, 6) is -2.16. The maximum Gasteiger partial charge on any atom is 0.249 e. The molecule has 0 radical (unpaired) electrons. The molecule has 1 aliphatic carbocycles. The number of piperidine rings is 1. The first kappa shape index (κ1) is 29.8. The van der Waals surface area contributed by atoms with Crippen molar-refractivity contribution in [3.05, 3.63) is 53.7 Å². The smallest absolute Gasteiger partial charge is 0.249 e. The number of aromatic nitrogens is 2. The molecule has 4 heterocycles. The fourth-order valence-corrected chi connectivity index (χ4v) is 7.53. The van der Waals surface area contributed by atoms with E-state index in [0.29, 0.717) is 36.8 Å². The maximum absolute atomic E-state index is 15.1. The second-order valence-electron chi connectivity index (χ2n) is 13.9. The Balaban J connectivity index is 0.879. The molecule has 1 atom stereocenters. The molecular formula is C34H43F2N7O3. The Morgan fingerprint density at radius 2 is 1.59 bits per heavy atom. The maximum atomic E-state index is 15.1. The SMILES string of the molecule is [2H]c1cc2cn(C3CCC(N4CCN(C5CN(c6c(F)cc(N[C@H]7CCC(=O)NC7=O)cc6F)C5)CC4)CC3)nc2cc1C(C)(C)O. The van der Waals surface area contributed by atoms with Crippen molar-refractivity contribution in [2.24, 2.45) is 0 Å². The summed E-state index contributed by atoms with van der Waals surface area (Å²) in [4.78, 5) is 30.2. The highest BCUT2D eigenvalue weighted by molar-refractivity contribution is 6.01. The third-order valence-electron chi connectivity index (χ3n) is 10.3. The van der Waals surface area contributed by atoms with E-state index in [1.54, 1.807) is 24.8 Å². The Bertz CT molecular complexity index is 1650. The van der Waals surface area contributed by atoms with Crippen LogP contribution in [0.4, 0.5) is 20.2 Å². The fraction of sp³-hybridized carbons (Fsp3) is 0.559. The van der Waals surface area contributed by atoms with Gasteiger partial charge in [0.2, 0.25) is 11.8 Å². The van der Waals surface area contributed by atoms with E-state index >= 15 is 8.78 Å². The Labute approximate surface area is 269 Å². The molecule has 46 heavy (non-hydrogen) atoms. The van der Waals surface area contributed by atoms with Crippen LogP contribution in [0.3, 0.4) is 0 Å². The van der Waals surface area contributed by atoms with E-state index in [4.69, 9.17) is 6.47 Å². The van der Waals surface area contributed by atoms with Crippen LogP contribution in [0.5, 0.6) is 0 Å². The fourth-order valence-electron chi connectivity index (χ4n) is 7.53. The van der Waals surface area contributed by atoms with Gasteiger partial charge < -0.3 is 15.3 Å². The number of rotatable bonds is 7. The van der Waals surface area contributed by atoms with Crippen LogP contribution in [0, 0.1) is 11.6 Å². The number of nitrogens with zero attached hydrogens (tertiary/aromatic N) is 5. The first-order chi connectivity index (χ1) is 22.4. The van der Waals surface area contributed by atoms with Crippen molar-refractivity contribution in [2.75, 3.05) is 49.5 Å². The molecule has 1 aromatic heterocycles. The molecule has 2 aromatic carbocycles. The number of nitrogens with one attached hydrogen (secondary N) is 2. The van der Waals surface area contributed by atoms with Gasteiger partial charge in [0, 0.05) is 75.0 Å². The molecular weight excluding hydrogens is 592 g/mol. The van der Waals surface area contributed by atoms with Crippen LogP contribution in [0.25, 0.3) is 10.9 Å². The van der Waals surface area contributed by atoms with E-state index in [2.05, 4.69) is 25.1 Å². The molecule has 4 aliphatic rings. The van der Waals surface area contributed by atoms with Crippen molar-refractivity contribution in [2.45, 2.75) is 82.1 Å². The highest BCUT2D eigenvalue weighted by Crippen LogP contribution is 2.35. The third kappa shape index (κ3) is 6.22. The van der Waals surface area contributed by atoms with Gasteiger partial charge in [0.25, 0.3) is 0 Å². The molecule has 0 spiro atoms. The Morgan fingerprint density at radius 3 is 2.22 bits per heavy atom. The highest BCUT2D eigenvalue weighted by atomic mass is 19.1. The highest BCUT2D eigenvalue weighted by Gasteiger charge is 2.38. The summed E-state index contributed by atoms with van der Waals surface area (Å²) in [7, 11) is 0. The Hall–Kier alpha value is -3.61. The minimum Gasteiger partial charge on any atom is -0.386 e. The zero-order chi connectivity index (χ0) is 33.0. The number of piperazine rings is 1. The van der Waals surface area contributed by atoms with Gasteiger partial charge in [0.1, 0.15) is 11.7 Å². The molecule has 246 valence electrons. The largest absolute Gasteiger partial charge is 0.386 e. The predicted octanol–water partition coefficient (Wildman–Crippen LogP) is 3.75. The molecule has 1 saturated carbocycles. The van der Waals surface area contributed by atoms with E-state index in [1.807, 2.05) is 12.3 Å². The molecule has 3 N–H and O–H groups in total. The zero-order valence-corrected chi connectivity index (χ0v) is 26.4. The number of carbonyl (C=O) groups is 2. The van der Waals surface area contributed by atoms with Gasteiger partial charge in [-0.2, -0.15) is 5.10 Å². The minimum absolute atomic E-state index is 0.0339. The number of anilines is 2. The number of aliphatic hydroxyl groups is 1. The molecule has 7 rings (SSSR count). The van der Waals surface area contributed by atoms with Crippen LogP contribution >= 0.6 is 0 Å². The van der Waals surface area contributed by atoms with Crippen LogP contribution in [-0.2, 0) is 15.2 Å². The van der Waals surface area contributed by atoms with Gasteiger partial charge in [-0.1, -0.05) is 12.1 Å². The summed E-state index contributed by atoms with van der Waals surface area (Å²) in [5.41, 5.74) is 0.463. The van der Waals surface area contributed by atoms with E-state index in [-0.39, 0.29) is 36.2 Å². The van der Waals surface area contributed by atoms with Crippen LogP contribution in [0.1, 0.15) is 65.3 Å². The molecule has 0 bridgehead atoms. The van der Waals surface area contributed by atoms with Gasteiger partial charge >= 0.3 is 0 Å². The quantitative estimate of drug-likeness (QED) is 0.337. The molecule has 3 aromatic rings. The van der Waals surface area contributed by atoms with Crippen molar-refractivity contribution in [1.82, 2.24) is 24.9 Å². The Morgan fingerprint density at radius 1 is 0.957 bits per heavy atom. The topological polar surface area (TPSA) is 106 Å². The number of imide groups is 1. The minimum atomic E-state index is -1.09. The van der Waals surface area contributed by atoms with Gasteiger partial charge in [0.15, 0.2) is 11.6 Å². The van der Waals surface area contributed by atoms with Crippen molar-refractivity contribution >= 4 is 34.1 Å². The average Bonchev–Trinajstić information content (AvgIpc) is 3.42. The number of benzene rings is 2.